The molecule has 0 spiro atoms. The van der Waals surface area contributed by atoms with Crippen molar-refractivity contribution in [2.24, 2.45) is 17.8 Å². The van der Waals surface area contributed by atoms with E-state index in [-0.39, 0.29) is 12.5 Å². The Labute approximate surface area is 114 Å². The zero-order valence-corrected chi connectivity index (χ0v) is 11.4. The van der Waals surface area contributed by atoms with Crippen molar-refractivity contribution in [2.75, 3.05) is 13.1 Å². The second-order valence-corrected chi connectivity index (χ2v) is 5.92. The first kappa shape index (κ1) is 14.2. The number of carbonyl (C=O) groups excluding carboxylic acids is 1. The van der Waals surface area contributed by atoms with Gasteiger partial charge >= 0.3 is 12.0 Å². The number of aliphatic carboxylic acids is 1. The first-order valence-corrected chi connectivity index (χ1v) is 7.38. The van der Waals surface area contributed by atoms with Crippen LogP contribution in [0.4, 0.5) is 4.79 Å². The van der Waals surface area contributed by atoms with Crippen molar-refractivity contribution in [3.05, 3.63) is 0 Å². The molecule has 0 radical (unpaired) electrons. The predicted molar refractivity (Wildman–Crippen MR) is 71.8 cm³/mol. The number of unbranched alkanes of at least 4 members (excludes halogenated alkanes) is 1. The SMILES string of the molecule is O=C(O)CCCCNC(=O)NCC1CC2CCC1C2. The van der Waals surface area contributed by atoms with Crippen molar-refractivity contribution in [3.8, 4) is 0 Å². The van der Waals surface area contributed by atoms with Gasteiger partial charge in [0.2, 0.25) is 0 Å². The number of carboxylic acid groups (broad SMARTS) is 1. The highest BCUT2D eigenvalue weighted by Gasteiger charge is 2.39. The standard InChI is InChI=1S/C14H24N2O3/c17-13(18)3-1-2-6-15-14(19)16-9-12-8-10-4-5-11(12)7-10/h10-12H,1-9H2,(H,17,18)(H2,15,16,19). The molecule has 2 aliphatic rings. The molecule has 0 saturated heterocycles. The molecule has 5 heteroatoms. The molecule has 19 heavy (non-hydrogen) atoms. The molecule has 2 bridgehead atoms. The lowest BCUT2D eigenvalue weighted by Gasteiger charge is -2.21. The van der Waals surface area contributed by atoms with Gasteiger partial charge in [0.15, 0.2) is 0 Å². The van der Waals surface area contributed by atoms with Gasteiger partial charge in [0.1, 0.15) is 0 Å². The molecule has 3 unspecified atom stereocenters. The number of urea groups is 1. The molecule has 0 aromatic carbocycles. The third-order valence-corrected chi connectivity index (χ3v) is 4.51. The maximum Gasteiger partial charge on any atom is 0.314 e. The van der Waals surface area contributed by atoms with Crippen molar-refractivity contribution in [2.45, 2.75) is 44.9 Å². The predicted octanol–water partition coefficient (Wildman–Crippen LogP) is 1.98. The molecule has 2 saturated carbocycles. The highest BCUT2D eigenvalue weighted by atomic mass is 16.4. The van der Waals surface area contributed by atoms with E-state index in [2.05, 4.69) is 10.6 Å². The zero-order valence-electron chi connectivity index (χ0n) is 11.4. The van der Waals surface area contributed by atoms with E-state index in [4.69, 9.17) is 5.11 Å². The largest absolute Gasteiger partial charge is 0.481 e. The van der Waals surface area contributed by atoms with Gasteiger partial charge in [0, 0.05) is 19.5 Å². The summed E-state index contributed by atoms with van der Waals surface area (Å²) in [5.74, 6) is 1.65. The maximum atomic E-state index is 11.6. The summed E-state index contributed by atoms with van der Waals surface area (Å²) >= 11 is 0. The fraction of sp³-hybridized carbons (Fsp3) is 0.857. The van der Waals surface area contributed by atoms with Gasteiger partial charge in [-0.05, 0) is 49.9 Å². The normalized spacial score (nSPS) is 28.3. The Hall–Kier alpha value is -1.26. The molecule has 0 aliphatic heterocycles. The van der Waals surface area contributed by atoms with E-state index in [0.717, 1.165) is 18.4 Å². The van der Waals surface area contributed by atoms with E-state index in [9.17, 15) is 9.59 Å². The van der Waals surface area contributed by atoms with Gasteiger partial charge in [0.25, 0.3) is 0 Å². The molecule has 2 aliphatic carbocycles. The number of carboxylic acids is 1. The number of hydrogen-bond donors (Lipinski definition) is 3. The molecule has 0 heterocycles. The fourth-order valence-corrected chi connectivity index (χ4v) is 3.52. The van der Waals surface area contributed by atoms with Crippen LogP contribution in [-0.2, 0) is 4.79 Å². The molecule has 2 amide bonds. The van der Waals surface area contributed by atoms with E-state index < -0.39 is 5.97 Å². The summed E-state index contributed by atoms with van der Waals surface area (Å²) in [7, 11) is 0. The zero-order chi connectivity index (χ0) is 13.7. The molecule has 3 N–H and O–H groups in total. The van der Waals surface area contributed by atoms with Crippen molar-refractivity contribution in [1.82, 2.24) is 10.6 Å². The van der Waals surface area contributed by atoms with Crippen LogP contribution in [0.25, 0.3) is 0 Å². The summed E-state index contributed by atoms with van der Waals surface area (Å²) < 4.78 is 0. The number of amides is 2. The molecule has 2 rings (SSSR count). The van der Waals surface area contributed by atoms with Gasteiger partial charge in [0.05, 0.1) is 0 Å². The van der Waals surface area contributed by atoms with Gasteiger partial charge in [-0.1, -0.05) is 6.42 Å². The first-order valence-electron chi connectivity index (χ1n) is 7.38. The van der Waals surface area contributed by atoms with Crippen LogP contribution in [0.15, 0.2) is 0 Å². The van der Waals surface area contributed by atoms with Crippen LogP contribution >= 0.6 is 0 Å². The summed E-state index contributed by atoms with van der Waals surface area (Å²) in [5, 5.41) is 14.2. The lowest BCUT2D eigenvalue weighted by atomic mass is 9.89. The number of nitrogens with one attached hydrogen (secondary N) is 2. The van der Waals surface area contributed by atoms with Crippen molar-refractivity contribution >= 4 is 12.0 Å². The average Bonchev–Trinajstić information content (AvgIpc) is 2.97. The Morgan fingerprint density at radius 2 is 1.95 bits per heavy atom. The van der Waals surface area contributed by atoms with Gasteiger partial charge < -0.3 is 15.7 Å². The van der Waals surface area contributed by atoms with Gasteiger partial charge in [-0.2, -0.15) is 0 Å². The number of hydrogen-bond acceptors (Lipinski definition) is 2. The van der Waals surface area contributed by atoms with E-state index in [1.807, 2.05) is 0 Å². The smallest absolute Gasteiger partial charge is 0.314 e. The Morgan fingerprint density at radius 3 is 2.58 bits per heavy atom. The quantitative estimate of drug-likeness (QED) is 0.618. The summed E-state index contributed by atoms with van der Waals surface area (Å²) in [6.45, 7) is 1.35. The topological polar surface area (TPSA) is 78.4 Å². The molecule has 0 aromatic heterocycles. The van der Waals surface area contributed by atoms with Crippen LogP contribution < -0.4 is 10.6 Å². The Kier molecular flexibility index (Phi) is 5.05. The third kappa shape index (κ3) is 4.40. The monoisotopic (exact) mass is 268 g/mol. The highest BCUT2D eigenvalue weighted by Crippen LogP contribution is 2.47. The average molecular weight is 268 g/mol. The van der Waals surface area contributed by atoms with Crippen LogP contribution in [0.2, 0.25) is 0 Å². The Balaban J connectivity index is 1.49. The second kappa shape index (κ2) is 6.78. The van der Waals surface area contributed by atoms with Crippen LogP contribution in [0.3, 0.4) is 0 Å². The summed E-state index contributed by atoms with van der Waals surface area (Å²) in [4.78, 5) is 21.9. The van der Waals surface area contributed by atoms with Crippen LogP contribution in [-0.4, -0.2) is 30.2 Å². The van der Waals surface area contributed by atoms with Crippen molar-refractivity contribution in [3.63, 3.8) is 0 Å². The minimum atomic E-state index is -0.777. The molecule has 3 atom stereocenters. The van der Waals surface area contributed by atoms with Gasteiger partial charge in [-0.25, -0.2) is 4.79 Å². The van der Waals surface area contributed by atoms with E-state index in [0.29, 0.717) is 25.3 Å². The van der Waals surface area contributed by atoms with E-state index in [1.54, 1.807) is 0 Å². The van der Waals surface area contributed by atoms with Crippen LogP contribution in [0.5, 0.6) is 0 Å². The Morgan fingerprint density at radius 1 is 1.11 bits per heavy atom. The van der Waals surface area contributed by atoms with Gasteiger partial charge in [-0.15, -0.1) is 0 Å². The molecule has 0 aromatic rings. The van der Waals surface area contributed by atoms with Crippen LogP contribution in [0.1, 0.15) is 44.9 Å². The Bertz CT molecular complexity index is 333. The van der Waals surface area contributed by atoms with Gasteiger partial charge in [-0.3, -0.25) is 4.79 Å². The van der Waals surface area contributed by atoms with E-state index in [1.165, 1.54) is 25.7 Å². The lowest BCUT2D eigenvalue weighted by Crippen LogP contribution is -2.39. The van der Waals surface area contributed by atoms with Crippen LogP contribution in [0, 0.1) is 17.8 Å². The number of rotatable bonds is 7. The van der Waals surface area contributed by atoms with E-state index >= 15 is 0 Å². The lowest BCUT2D eigenvalue weighted by molar-refractivity contribution is -0.137. The maximum absolute atomic E-state index is 11.6. The molecule has 2 fully saturated rings. The number of fused-ring (bicyclic) bond motifs is 2. The summed E-state index contributed by atoms with van der Waals surface area (Å²) in [5.41, 5.74) is 0. The minimum Gasteiger partial charge on any atom is -0.481 e. The highest BCUT2D eigenvalue weighted by molar-refractivity contribution is 5.73. The third-order valence-electron chi connectivity index (χ3n) is 4.51. The molecular formula is C14H24N2O3. The first-order chi connectivity index (χ1) is 9.15. The molecular weight excluding hydrogens is 244 g/mol. The molecule has 108 valence electrons. The minimum absolute atomic E-state index is 0.113. The summed E-state index contributed by atoms with van der Waals surface area (Å²) in [6.07, 6.45) is 6.88. The second-order valence-electron chi connectivity index (χ2n) is 5.92. The van der Waals surface area contributed by atoms with Crippen molar-refractivity contribution < 1.29 is 14.7 Å². The summed E-state index contributed by atoms with van der Waals surface area (Å²) in [6, 6.07) is -0.113. The number of carbonyl (C=O) groups is 2. The van der Waals surface area contributed by atoms with Crippen molar-refractivity contribution in [1.29, 1.82) is 0 Å². The fourth-order valence-electron chi connectivity index (χ4n) is 3.52. The molecule has 5 nitrogen and oxygen atoms in total.